The number of rotatable bonds is 10. The molecule has 0 spiro atoms. The van der Waals surface area contributed by atoms with Gasteiger partial charge in [-0.1, -0.05) is 29.1 Å². The second-order valence-electron chi connectivity index (χ2n) is 7.64. The highest BCUT2D eigenvalue weighted by Crippen LogP contribution is 2.35. The van der Waals surface area contributed by atoms with Gasteiger partial charge < -0.3 is 15.3 Å². The van der Waals surface area contributed by atoms with E-state index in [2.05, 4.69) is 20.7 Å². The second kappa shape index (κ2) is 13.0. The van der Waals surface area contributed by atoms with Crippen molar-refractivity contribution < 1.29 is 9.84 Å². The minimum absolute atomic E-state index is 0.106. The quantitative estimate of drug-likeness (QED) is 0.212. The Kier molecular flexibility index (Phi) is 11.4. The largest absolute Gasteiger partial charge is 0.492 e. The van der Waals surface area contributed by atoms with E-state index in [0.717, 1.165) is 27.7 Å². The molecule has 7 nitrogen and oxygen atoms in total. The molecule has 1 rings (SSSR count). The lowest BCUT2D eigenvalue weighted by atomic mass is 10.1. The Bertz CT molecular complexity index is 739. The topological polar surface area (TPSA) is 95.6 Å². The fraction of sp³-hybridized carbons (Fsp3) is 0.619. The van der Waals surface area contributed by atoms with Gasteiger partial charge in [-0.15, -0.1) is 11.8 Å². The number of nitrogens with one attached hydrogen (secondary N) is 1. The maximum atomic E-state index is 11.0. The Labute approximate surface area is 188 Å². The molecule has 1 aliphatic heterocycles. The Morgan fingerprint density at radius 3 is 2.60 bits per heavy atom. The van der Waals surface area contributed by atoms with Gasteiger partial charge >= 0.3 is 0 Å². The first-order valence-corrected chi connectivity index (χ1v) is 11.8. The van der Waals surface area contributed by atoms with Crippen LogP contribution in [0.1, 0.15) is 48.0 Å². The Hall–Kier alpha value is -1.58. The van der Waals surface area contributed by atoms with Crippen molar-refractivity contribution in [2.45, 2.75) is 65.6 Å². The van der Waals surface area contributed by atoms with E-state index in [1.165, 1.54) is 11.8 Å². The van der Waals surface area contributed by atoms with Crippen LogP contribution in [0.15, 0.2) is 49.7 Å². The third-order valence-electron chi connectivity index (χ3n) is 3.82. The van der Waals surface area contributed by atoms with Gasteiger partial charge in [0.15, 0.2) is 0 Å². The van der Waals surface area contributed by atoms with Crippen molar-refractivity contribution in [2.75, 3.05) is 19.4 Å². The zero-order valence-electron chi connectivity index (χ0n) is 18.9. The number of thioether (sulfide) groups is 2. The van der Waals surface area contributed by atoms with Crippen molar-refractivity contribution in [2.24, 2.45) is 15.3 Å². The van der Waals surface area contributed by atoms with Crippen LogP contribution in [0.4, 0.5) is 0 Å². The lowest BCUT2D eigenvalue weighted by Crippen LogP contribution is -2.19. The first kappa shape index (κ1) is 26.5. The Balaban J connectivity index is 3.10. The fourth-order valence-corrected chi connectivity index (χ4v) is 4.34. The first-order valence-electron chi connectivity index (χ1n) is 9.99. The molecule has 30 heavy (non-hydrogen) atoms. The smallest absolute Gasteiger partial charge is 0.135 e. The molecule has 1 unspecified atom stereocenters. The van der Waals surface area contributed by atoms with E-state index in [0.29, 0.717) is 17.4 Å². The molecular weight excluding hydrogens is 420 g/mol. The lowest BCUT2D eigenvalue weighted by molar-refractivity contribution is 0.255. The van der Waals surface area contributed by atoms with Crippen molar-refractivity contribution in [3.05, 3.63) is 39.4 Å². The van der Waals surface area contributed by atoms with Gasteiger partial charge in [0.05, 0.1) is 11.7 Å². The van der Waals surface area contributed by atoms with Crippen LogP contribution in [0.25, 0.3) is 0 Å². The van der Waals surface area contributed by atoms with E-state index in [9.17, 15) is 10.0 Å². The number of allylic oxidation sites excluding steroid dienone is 2. The number of hydrogen-bond acceptors (Lipinski definition) is 9. The molecule has 0 saturated heterocycles. The molecule has 1 aliphatic rings. The molecule has 0 aromatic rings. The summed E-state index contributed by atoms with van der Waals surface area (Å²) in [5.41, 5.74) is 3.17. The van der Waals surface area contributed by atoms with Crippen LogP contribution in [-0.2, 0) is 4.74 Å². The zero-order valence-corrected chi connectivity index (χ0v) is 20.6. The van der Waals surface area contributed by atoms with Gasteiger partial charge in [-0.25, -0.2) is 0 Å². The maximum Gasteiger partial charge on any atom is 0.135 e. The molecule has 1 atom stereocenters. The first-order chi connectivity index (χ1) is 14.1. The molecule has 0 radical (unpaired) electrons. The summed E-state index contributed by atoms with van der Waals surface area (Å²) in [5, 5.41) is 18.6. The summed E-state index contributed by atoms with van der Waals surface area (Å²) in [6, 6.07) is 0.106. The van der Waals surface area contributed by atoms with Gasteiger partial charge in [0.25, 0.3) is 0 Å². The molecule has 0 aromatic heterocycles. The number of nitrogens with zero attached hydrogens (tertiary/aromatic N) is 3. The van der Waals surface area contributed by atoms with E-state index in [1.807, 2.05) is 52.8 Å². The maximum absolute atomic E-state index is 11.0. The number of aliphatic hydroxyl groups is 1. The van der Waals surface area contributed by atoms with Gasteiger partial charge in [-0.05, 0) is 53.2 Å². The summed E-state index contributed by atoms with van der Waals surface area (Å²) >= 11 is 2.91. The summed E-state index contributed by atoms with van der Waals surface area (Å²) in [5.74, 6) is 1.42. The predicted octanol–water partition coefficient (Wildman–Crippen LogP) is 4.85. The monoisotopic (exact) mass is 454 g/mol. The second-order valence-corrected chi connectivity index (χ2v) is 9.70. The van der Waals surface area contributed by atoms with Gasteiger partial charge in [-0.3, -0.25) is 4.99 Å². The number of aliphatic hydroxyl groups excluding tert-OH is 1. The van der Waals surface area contributed by atoms with Crippen molar-refractivity contribution in [1.29, 1.82) is 0 Å². The van der Waals surface area contributed by atoms with Gasteiger partial charge in [-0.2, -0.15) is 10.0 Å². The lowest BCUT2D eigenvalue weighted by Gasteiger charge is -2.16. The van der Waals surface area contributed by atoms with E-state index < -0.39 is 11.6 Å². The number of hydrazone groups is 1. The molecule has 0 bridgehead atoms. The fourth-order valence-electron chi connectivity index (χ4n) is 2.37. The van der Waals surface area contributed by atoms with E-state index in [1.54, 1.807) is 25.7 Å². The summed E-state index contributed by atoms with van der Waals surface area (Å²) in [6.45, 7) is 11.9. The van der Waals surface area contributed by atoms with Gasteiger partial charge in [0.2, 0.25) is 0 Å². The van der Waals surface area contributed by atoms with Crippen LogP contribution in [-0.4, -0.2) is 52.3 Å². The van der Waals surface area contributed by atoms with Crippen LogP contribution in [0.5, 0.6) is 0 Å². The highest BCUT2D eigenvalue weighted by Gasteiger charge is 2.23. The molecular formula is C21H34N4O3S2. The van der Waals surface area contributed by atoms with Crippen LogP contribution < -0.4 is 5.43 Å². The molecule has 0 saturated carbocycles. The molecule has 9 heteroatoms. The SMILES string of the molecule is C/C=C(/SCC(C)(C)N=O)C1=C(/C=C/C(=NC(C)C)S/C(=N\NC)C(C)O)CCO1. The molecule has 0 aliphatic carbocycles. The van der Waals surface area contributed by atoms with E-state index in [4.69, 9.17) is 4.74 Å². The van der Waals surface area contributed by atoms with E-state index >= 15 is 0 Å². The summed E-state index contributed by atoms with van der Waals surface area (Å²) < 4.78 is 5.90. The van der Waals surface area contributed by atoms with Crippen molar-refractivity contribution in [3.8, 4) is 0 Å². The standard InChI is InChI=1S/C21H34N4O3S2/c1-8-17(29-13-21(5,6)25-27)19-16(11-12-28-19)9-10-18(23-14(2)3)30-20(15(4)26)24-22-7/h8-10,14-15,22,26H,11-13H2,1-7H3/b10-9+,17-8+,23-18?,24-20-. The molecule has 1 heterocycles. The minimum atomic E-state index is -0.696. The number of hydrogen-bond donors (Lipinski definition) is 2. The zero-order chi connectivity index (χ0) is 22.7. The molecule has 168 valence electrons. The van der Waals surface area contributed by atoms with Crippen LogP contribution in [0, 0.1) is 4.91 Å². The summed E-state index contributed by atoms with van der Waals surface area (Å²) in [7, 11) is 1.70. The molecule has 0 fully saturated rings. The highest BCUT2D eigenvalue weighted by molar-refractivity contribution is 8.27. The molecule has 0 aromatic carbocycles. The Morgan fingerprint density at radius 1 is 1.37 bits per heavy atom. The predicted molar refractivity (Wildman–Crippen MR) is 131 cm³/mol. The third kappa shape index (κ3) is 9.06. The number of aliphatic imine (C=N–C) groups is 1. The average molecular weight is 455 g/mol. The highest BCUT2D eigenvalue weighted by atomic mass is 32.2. The molecule has 2 N–H and O–H groups in total. The normalized spacial score (nSPS) is 17.7. The Morgan fingerprint density at radius 2 is 2.07 bits per heavy atom. The van der Waals surface area contributed by atoms with Crippen molar-refractivity contribution in [1.82, 2.24) is 5.43 Å². The van der Waals surface area contributed by atoms with Gasteiger partial charge in [0.1, 0.15) is 22.4 Å². The van der Waals surface area contributed by atoms with Gasteiger partial charge in [0, 0.05) is 30.2 Å². The van der Waals surface area contributed by atoms with E-state index in [-0.39, 0.29) is 6.04 Å². The number of nitroso groups, excluding NO2 is 1. The number of ether oxygens (including phenoxy) is 1. The van der Waals surface area contributed by atoms with Crippen molar-refractivity contribution in [3.63, 3.8) is 0 Å². The van der Waals surface area contributed by atoms with Crippen LogP contribution >= 0.6 is 23.5 Å². The third-order valence-corrected chi connectivity index (χ3v) is 6.50. The summed E-state index contributed by atoms with van der Waals surface area (Å²) in [4.78, 5) is 16.6. The van der Waals surface area contributed by atoms with Crippen LogP contribution in [0.3, 0.4) is 0 Å². The average Bonchev–Trinajstić information content (AvgIpc) is 3.14. The van der Waals surface area contributed by atoms with Crippen molar-refractivity contribution >= 4 is 33.6 Å². The molecule has 0 amide bonds. The van der Waals surface area contributed by atoms with Crippen LogP contribution in [0.2, 0.25) is 0 Å². The summed E-state index contributed by atoms with van der Waals surface area (Å²) in [6.07, 6.45) is 6.06. The minimum Gasteiger partial charge on any atom is -0.492 e.